The molecule has 1 aromatic heterocycles. The van der Waals surface area contributed by atoms with Crippen LogP contribution in [-0.2, 0) is 14.8 Å². The number of aromatic nitrogens is 1. The number of benzene rings is 2. The summed E-state index contributed by atoms with van der Waals surface area (Å²) in [5.41, 5.74) is 1.20. The molecule has 0 bridgehead atoms. The van der Waals surface area contributed by atoms with E-state index in [0.717, 1.165) is 0 Å². The minimum absolute atomic E-state index is 0.0368. The molecule has 0 amide bonds. The zero-order valence-electron chi connectivity index (χ0n) is 15.5. The van der Waals surface area contributed by atoms with E-state index < -0.39 is 22.1 Å². The summed E-state index contributed by atoms with van der Waals surface area (Å²) in [7, 11) is -3.98. The maximum absolute atomic E-state index is 12.8. The van der Waals surface area contributed by atoms with E-state index in [9.17, 15) is 13.2 Å². The molecule has 0 spiro atoms. The largest absolute Gasteiger partial charge is 0.479 e. The normalized spacial score (nSPS) is 12.2. The average Bonchev–Trinajstić information content (AvgIpc) is 2.67. The Kier molecular flexibility index (Phi) is 6.50. The Morgan fingerprint density at radius 3 is 2.43 bits per heavy atom. The molecule has 0 radical (unpaired) electrons. The first kappa shape index (κ1) is 21.9. The Bertz CT molecular complexity index is 1170. The van der Waals surface area contributed by atoms with Crippen LogP contribution in [0.4, 0.5) is 5.69 Å². The fraction of sp³-hybridized carbons (Fsp3) is 0.100. The second-order valence-corrected chi connectivity index (χ2v) is 8.81. The molecule has 7 nitrogen and oxygen atoms in total. The molecule has 2 N–H and O–H groups in total. The van der Waals surface area contributed by atoms with E-state index in [1.807, 2.05) is 0 Å². The number of carbonyl (C=O) groups is 1. The fourth-order valence-electron chi connectivity index (χ4n) is 2.61. The predicted molar refractivity (Wildman–Crippen MR) is 115 cm³/mol. The van der Waals surface area contributed by atoms with Crippen molar-refractivity contribution >= 4 is 44.9 Å². The molecule has 10 heteroatoms. The highest BCUT2D eigenvalue weighted by Gasteiger charge is 2.19. The highest BCUT2D eigenvalue weighted by molar-refractivity contribution is 7.92. The Labute approximate surface area is 183 Å². The molecule has 1 heterocycles. The molecular formula is C20H16Cl2N2O5S. The third kappa shape index (κ3) is 5.21. The zero-order valence-corrected chi connectivity index (χ0v) is 17.9. The first-order valence-electron chi connectivity index (χ1n) is 8.58. The first-order valence-corrected chi connectivity index (χ1v) is 10.8. The van der Waals surface area contributed by atoms with Gasteiger partial charge in [-0.25, -0.2) is 13.2 Å². The van der Waals surface area contributed by atoms with Gasteiger partial charge in [-0.2, -0.15) is 0 Å². The van der Waals surface area contributed by atoms with Crippen LogP contribution >= 0.6 is 23.2 Å². The smallest absolute Gasteiger partial charge is 0.344 e. The molecule has 1 unspecified atom stereocenters. The van der Waals surface area contributed by atoms with Crippen molar-refractivity contribution in [2.75, 3.05) is 4.72 Å². The average molecular weight is 467 g/mol. The fourth-order valence-corrected chi connectivity index (χ4v) is 4.17. The van der Waals surface area contributed by atoms with Crippen LogP contribution in [0.2, 0.25) is 10.0 Å². The molecule has 2 aromatic carbocycles. The summed E-state index contributed by atoms with van der Waals surface area (Å²) in [6, 6.07) is 12.2. The molecule has 156 valence electrons. The lowest BCUT2D eigenvalue weighted by Gasteiger charge is -2.17. The molecule has 30 heavy (non-hydrogen) atoms. The number of aliphatic carboxylic acids is 1. The van der Waals surface area contributed by atoms with Crippen LogP contribution in [-0.4, -0.2) is 30.6 Å². The number of rotatable bonds is 7. The number of pyridine rings is 1. The molecule has 0 aliphatic heterocycles. The third-order valence-corrected chi connectivity index (χ3v) is 5.80. The lowest BCUT2D eigenvalue weighted by molar-refractivity contribution is -0.144. The van der Waals surface area contributed by atoms with Gasteiger partial charge in [0, 0.05) is 34.1 Å². The maximum atomic E-state index is 12.8. The second-order valence-electron chi connectivity index (χ2n) is 6.26. The summed E-state index contributed by atoms with van der Waals surface area (Å²) in [6.07, 6.45) is 1.55. The van der Waals surface area contributed by atoms with Crippen molar-refractivity contribution in [3.8, 4) is 16.9 Å². The Morgan fingerprint density at radius 1 is 1.13 bits per heavy atom. The number of hydrogen-bond acceptors (Lipinski definition) is 5. The molecular weight excluding hydrogens is 451 g/mol. The summed E-state index contributed by atoms with van der Waals surface area (Å²) in [5.74, 6) is -0.983. The van der Waals surface area contributed by atoms with Gasteiger partial charge < -0.3 is 9.84 Å². The van der Waals surface area contributed by atoms with Crippen molar-refractivity contribution in [3.05, 3.63) is 71.0 Å². The van der Waals surface area contributed by atoms with E-state index >= 15 is 0 Å². The molecule has 0 saturated carbocycles. The SMILES string of the molecule is CC(Oc1ccc(-c2cc(Cl)cc(Cl)c2)c(NS(=O)(=O)c2cccnc2)c1)C(=O)O. The Morgan fingerprint density at radius 2 is 1.83 bits per heavy atom. The number of nitrogens with zero attached hydrogens (tertiary/aromatic N) is 1. The van der Waals surface area contributed by atoms with Gasteiger partial charge in [-0.3, -0.25) is 9.71 Å². The van der Waals surface area contributed by atoms with Gasteiger partial charge in [0.05, 0.1) is 5.69 Å². The van der Waals surface area contributed by atoms with Crippen molar-refractivity contribution in [1.82, 2.24) is 4.98 Å². The van der Waals surface area contributed by atoms with Crippen LogP contribution in [0.15, 0.2) is 65.8 Å². The van der Waals surface area contributed by atoms with Gasteiger partial charge in [0.1, 0.15) is 10.6 Å². The lowest BCUT2D eigenvalue weighted by atomic mass is 10.0. The van der Waals surface area contributed by atoms with Gasteiger partial charge in [0.15, 0.2) is 6.10 Å². The quantitative estimate of drug-likeness (QED) is 0.522. The van der Waals surface area contributed by atoms with Crippen LogP contribution in [0.25, 0.3) is 11.1 Å². The number of sulfonamides is 1. The Hall–Kier alpha value is -2.81. The van der Waals surface area contributed by atoms with Gasteiger partial charge in [-0.1, -0.05) is 23.2 Å². The van der Waals surface area contributed by atoms with Gasteiger partial charge >= 0.3 is 5.97 Å². The van der Waals surface area contributed by atoms with Crippen LogP contribution < -0.4 is 9.46 Å². The van der Waals surface area contributed by atoms with Gasteiger partial charge in [-0.05, 0) is 55.0 Å². The van der Waals surface area contributed by atoms with Crippen molar-refractivity contribution in [2.45, 2.75) is 17.9 Å². The highest BCUT2D eigenvalue weighted by Crippen LogP contribution is 2.36. The van der Waals surface area contributed by atoms with E-state index in [4.69, 9.17) is 33.0 Å². The molecule has 0 fully saturated rings. The molecule has 1 atom stereocenters. The second kappa shape index (κ2) is 8.91. The van der Waals surface area contributed by atoms with Gasteiger partial charge in [0.2, 0.25) is 0 Å². The summed E-state index contributed by atoms with van der Waals surface area (Å²) in [4.78, 5) is 14.9. The molecule has 0 aliphatic carbocycles. The van der Waals surface area contributed by atoms with E-state index in [1.54, 1.807) is 24.3 Å². The minimum Gasteiger partial charge on any atom is -0.479 e. The monoisotopic (exact) mass is 466 g/mol. The van der Waals surface area contributed by atoms with Crippen molar-refractivity contribution in [3.63, 3.8) is 0 Å². The van der Waals surface area contributed by atoms with Crippen LogP contribution in [0, 0.1) is 0 Å². The summed E-state index contributed by atoms with van der Waals surface area (Å²) >= 11 is 12.2. The maximum Gasteiger partial charge on any atom is 0.344 e. The van der Waals surface area contributed by atoms with Gasteiger partial charge in [0.25, 0.3) is 10.0 Å². The third-order valence-electron chi connectivity index (χ3n) is 4.01. The van der Waals surface area contributed by atoms with E-state index in [0.29, 0.717) is 21.2 Å². The summed E-state index contributed by atoms with van der Waals surface area (Å²) < 4.78 is 33.5. The standard InChI is InChI=1S/C20H16Cl2N2O5S/c1-12(20(25)26)29-16-4-5-18(13-7-14(21)9-15(22)8-13)19(10-16)24-30(27,28)17-3-2-6-23-11-17/h2-12,24H,1H3,(H,25,26). The predicted octanol–water partition coefficient (Wildman–Crippen LogP) is 4.71. The molecule has 3 rings (SSSR count). The van der Waals surface area contributed by atoms with E-state index in [1.165, 1.54) is 43.6 Å². The minimum atomic E-state index is -3.98. The summed E-state index contributed by atoms with van der Waals surface area (Å²) in [6.45, 7) is 1.37. The topological polar surface area (TPSA) is 106 Å². The number of anilines is 1. The van der Waals surface area contributed by atoms with Gasteiger partial charge in [-0.15, -0.1) is 0 Å². The van der Waals surface area contributed by atoms with Crippen molar-refractivity contribution in [1.29, 1.82) is 0 Å². The number of hydrogen-bond donors (Lipinski definition) is 2. The molecule has 0 saturated heterocycles. The highest BCUT2D eigenvalue weighted by atomic mass is 35.5. The lowest BCUT2D eigenvalue weighted by Crippen LogP contribution is -2.23. The number of carboxylic acid groups (broad SMARTS) is 1. The van der Waals surface area contributed by atoms with Crippen molar-refractivity contribution < 1.29 is 23.1 Å². The van der Waals surface area contributed by atoms with Crippen LogP contribution in [0.5, 0.6) is 5.75 Å². The number of halogens is 2. The van der Waals surface area contributed by atoms with Crippen LogP contribution in [0.3, 0.4) is 0 Å². The number of nitrogens with one attached hydrogen (secondary N) is 1. The Balaban J connectivity index is 2.09. The first-order chi connectivity index (χ1) is 14.2. The summed E-state index contributed by atoms with van der Waals surface area (Å²) in [5, 5.41) is 9.82. The van der Waals surface area contributed by atoms with Crippen LogP contribution in [0.1, 0.15) is 6.92 Å². The zero-order chi connectivity index (χ0) is 21.9. The van der Waals surface area contributed by atoms with E-state index in [-0.39, 0.29) is 16.3 Å². The van der Waals surface area contributed by atoms with Crippen molar-refractivity contribution in [2.24, 2.45) is 0 Å². The van der Waals surface area contributed by atoms with E-state index in [2.05, 4.69) is 9.71 Å². The molecule has 3 aromatic rings. The number of carboxylic acids is 1. The molecule has 0 aliphatic rings. The number of ether oxygens (including phenoxy) is 1.